The number of rotatable bonds is 5. The van der Waals surface area contributed by atoms with Crippen LogP contribution in [0.3, 0.4) is 0 Å². The van der Waals surface area contributed by atoms with Gasteiger partial charge in [-0.1, -0.05) is 0 Å². The lowest BCUT2D eigenvalue weighted by molar-refractivity contribution is -0.252. The second-order valence-corrected chi connectivity index (χ2v) is 6.24. The third-order valence-electron chi connectivity index (χ3n) is 2.38. The zero-order valence-electron chi connectivity index (χ0n) is 9.95. The molecule has 0 spiro atoms. The van der Waals surface area contributed by atoms with Crippen LogP contribution in [0.25, 0.3) is 0 Å². The first kappa shape index (κ1) is 13.9. The second kappa shape index (κ2) is 5.42. The Hall–Kier alpha value is -0.210. The Labute approximate surface area is 96.7 Å². The van der Waals surface area contributed by atoms with Gasteiger partial charge in [-0.25, -0.2) is 13.1 Å². The number of nitrogens with one attached hydrogen (secondary N) is 2. The van der Waals surface area contributed by atoms with Gasteiger partial charge in [0.25, 0.3) is 0 Å². The fourth-order valence-electron chi connectivity index (χ4n) is 1.31. The van der Waals surface area contributed by atoms with Crippen molar-refractivity contribution in [3.63, 3.8) is 0 Å². The minimum Gasteiger partial charge on any atom is -0.349 e. The number of ether oxygens (including phenoxy) is 2. The Balaban J connectivity index is 2.21. The minimum atomic E-state index is -3.14. The molecule has 0 bridgehead atoms. The average molecular weight is 252 g/mol. The van der Waals surface area contributed by atoms with Gasteiger partial charge in [0.05, 0.1) is 25.0 Å². The maximum absolute atomic E-state index is 11.1. The molecule has 0 aromatic rings. The van der Waals surface area contributed by atoms with E-state index in [2.05, 4.69) is 10.0 Å². The van der Waals surface area contributed by atoms with E-state index in [4.69, 9.17) is 9.47 Å². The average Bonchev–Trinajstić information content (AvgIpc) is 2.20. The van der Waals surface area contributed by atoms with E-state index in [1.807, 2.05) is 13.8 Å². The first-order valence-corrected chi connectivity index (χ1v) is 6.92. The van der Waals surface area contributed by atoms with Crippen LogP contribution in [0, 0.1) is 0 Å². The fraction of sp³-hybridized carbons (Fsp3) is 1.00. The molecule has 0 radical (unpaired) electrons. The molecule has 6 nitrogen and oxygen atoms in total. The number of hydrogen-bond acceptors (Lipinski definition) is 5. The van der Waals surface area contributed by atoms with Gasteiger partial charge in [-0.2, -0.15) is 0 Å². The van der Waals surface area contributed by atoms with Gasteiger partial charge in [0, 0.05) is 6.54 Å². The van der Waals surface area contributed by atoms with Gasteiger partial charge in [0.15, 0.2) is 5.79 Å². The molecule has 96 valence electrons. The zero-order valence-corrected chi connectivity index (χ0v) is 10.8. The van der Waals surface area contributed by atoms with Crippen molar-refractivity contribution in [3.05, 3.63) is 0 Å². The van der Waals surface area contributed by atoms with E-state index in [-0.39, 0.29) is 11.8 Å². The zero-order chi connectivity index (χ0) is 12.2. The molecule has 7 heteroatoms. The maximum atomic E-state index is 11.1. The van der Waals surface area contributed by atoms with E-state index in [0.717, 1.165) is 0 Å². The van der Waals surface area contributed by atoms with Crippen LogP contribution in [0.1, 0.15) is 13.8 Å². The van der Waals surface area contributed by atoms with E-state index in [9.17, 15) is 8.42 Å². The summed E-state index contributed by atoms with van der Waals surface area (Å²) >= 11 is 0. The predicted molar refractivity (Wildman–Crippen MR) is 60.6 cm³/mol. The molecule has 0 aromatic carbocycles. The van der Waals surface area contributed by atoms with E-state index in [1.165, 1.54) is 7.05 Å². The van der Waals surface area contributed by atoms with Crippen molar-refractivity contribution in [2.75, 3.05) is 32.6 Å². The van der Waals surface area contributed by atoms with Crippen LogP contribution >= 0.6 is 0 Å². The van der Waals surface area contributed by atoms with E-state index in [1.54, 1.807) is 0 Å². The van der Waals surface area contributed by atoms with Crippen LogP contribution in [0.15, 0.2) is 0 Å². The summed E-state index contributed by atoms with van der Waals surface area (Å²) in [6, 6.07) is 0.0556. The molecule has 1 aliphatic heterocycles. The molecule has 1 heterocycles. The molecule has 1 rings (SSSR count). The molecule has 2 N–H and O–H groups in total. The Bertz CT molecular complexity index is 305. The standard InChI is InChI=1S/C9H20N2O4S/c1-9(2)14-6-8(7-15-9)11-4-5-16(12,13)10-3/h8,10-11H,4-7H2,1-3H3. The Kier molecular flexibility index (Phi) is 4.69. The SMILES string of the molecule is CNS(=O)(=O)CCNC1COC(C)(C)OC1. The van der Waals surface area contributed by atoms with Gasteiger partial charge in [0.1, 0.15) is 0 Å². The van der Waals surface area contributed by atoms with Crippen molar-refractivity contribution < 1.29 is 17.9 Å². The monoisotopic (exact) mass is 252 g/mol. The Morgan fingerprint density at radius 3 is 2.38 bits per heavy atom. The molecule has 0 atom stereocenters. The minimum absolute atomic E-state index is 0.0556. The third-order valence-corrected chi connectivity index (χ3v) is 3.74. The molecule has 0 aliphatic carbocycles. The van der Waals surface area contributed by atoms with Gasteiger partial charge in [-0.15, -0.1) is 0 Å². The first-order valence-electron chi connectivity index (χ1n) is 5.27. The van der Waals surface area contributed by atoms with Crippen molar-refractivity contribution in [1.82, 2.24) is 10.0 Å². The molecule has 1 aliphatic rings. The normalized spacial score (nSPS) is 22.2. The Morgan fingerprint density at radius 1 is 1.31 bits per heavy atom. The molecule has 1 saturated heterocycles. The lowest BCUT2D eigenvalue weighted by Gasteiger charge is -2.35. The molecule has 0 amide bonds. The third kappa shape index (κ3) is 4.75. The maximum Gasteiger partial charge on any atom is 0.212 e. The molecular formula is C9H20N2O4S. The van der Waals surface area contributed by atoms with Crippen molar-refractivity contribution in [3.8, 4) is 0 Å². The Morgan fingerprint density at radius 2 is 1.88 bits per heavy atom. The van der Waals surface area contributed by atoms with Gasteiger partial charge in [-0.05, 0) is 20.9 Å². The first-order chi connectivity index (χ1) is 7.35. The van der Waals surface area contributed by atoms with Crippen LogP contribution in [-0.2, 0) is 19.5 Å². The highest BCUT2D eigenvalue weighted by Gasteiger charge is 2.27. The smallest absolute Gasteiger partial charge is 0.212 e. The quantitative estimate of drug-likeness (QED) is 0.675. The molecule has 1 fully saturated rings. The summed E-state index contributed by atoms with van der Waals surface area (Å²) in [6.45, 7) is 5.17. The fourth-order valence-corrected chi connectivity index (χ4v) is 1.90. The summed E-state index contributed by atoms with van der Waals surface area (Å²) < 4.78 is 35.4. The van der Waals surface area contributed by atoms with Gasteiger partial charge in [0.2, 0.25) is 10.0 Å². The number of hydrogen-bond donors (Lipinski definition) is 2. The van der Waals surface area contributed by atoms with Crippen LogP contribution in [0.2, 0.25) is 0 Å². The van der Waals surface area contributed by atoms with Crippen LogP contribution in [0.4, 0.5) is 0 Å². The molecule has 0 aromatic heterocycles. The molecular weight excluding hydrogens is 232 g/mol. The molecule has 16 heavy (non-hydrogen) atoms. The molecule has 0 saturated carbocycles. The van der Waals surface area contributed by atoms with Gasteiger partial charge >= 0.3 is 0 Å². The summed E-state index contributed by atoms with van der Waals surface area (Å²) in [5, 5.41) is 3.08. The van der Waals surface area contributed by atoms with Crippen LogP contribution in [-0.4, -0.2) is 52.8 Å². The van der Waals surface area contributed by atoms with Crippen molar-refractivity contribution in [2.24, 2.45) is 0 Å². The van der Waals surface area contributed by atoms with Crippen molar-refractivity contribution in [1.29, 1.82) is 0 Å². The van der Waals surface area contributed by atoms with Crippen molar-refractivity contribution in [2.45, 2.75) is 25.7 Å². The van der Waals surface area contributed by atoms with E-state index >= 15 is 0 Å². The highest BCUT2D eigenvalue weighted by Crippen LogP contribution is 2.16. The van der Waals surface area contributed by atoms with Crippen molar-refractivity contribution >= 4 is 10.0 Å². The summed E-state index contributed by atoms with van der Waals surface area (Å²) in [6.07, 6.45) is 0. The summed E-state index contributed by atoms with van der Waals surface area (Å²) in [4.78, 5) is 0. The summed E-state index contributed by atoms with van der Waals surface area (Å²) in [5.41, 5.74) is 0. The molecule has 0 unspecified atom stereocenters. The summed E-state index contributed by atoms with van der Waals surface area (Å²) in [5.74, 6) is -0.474. The lowest BCUT2D eigenvalue weighted by Crippen LogP contribution is -2.49. The highest BCUT2D eigenvalue weighted by molar-refractivity contribution is 7.89. The second-order valence-electron chi connectivity index (χ2n) is 4.20. The predicted octanol–water partition coefficient (Wildman–Crippen LogP) is -0.723. The van der Waals surface area contributed by atoms with Gasteiger partial charge < -0.3 is 14.8 Å². The van der Waals surface area contributed by atoms with Crippen LogP contribution < -0.4 is 10.0 Å². The number of sulfonamides is 1. The topological polar surface area (TPSA) is 76.7 Å². The largest absolute Gasteiger partial charge is 0.349 e. The van der Waals surface area contributed by atoms with Gasteiger partial charge in [-0.3, -0.25) is 0 Å². The van der Waals surface area contributed by atoms with E-state index in [0.29, 0.717) is 19.8 Å². The van der Waals surface area contributed by atoms with E-state index < -0.39 is 15.8 Å². The lowest BCUT2D eigenvalue weighted by atomic mass is 10.2. The van der Waals surface area contributed by atoms with Crippen LogP contribution in [0.5, 0.6) is 0 Å². The highest BCUT2D eigenvalue weighted by atomic mass is 32.2. The summed E-state index contributed by atoms with van der Waals surface area (Å²) in [7, 11) is -1.73.